The largest absolute Gasteiger partial charge is 0.341 e. The molecule has 54 valence electrons. The molecular weight excluding hydrogens is 130 g/mol. The standard InChI is InChI=1S/C6H9N3O/c1-8-6(10)9-3-2-5(9)4-7/h5H,2-3H2,1H3,(H,8,10)/t5-/m0/s1. The lowest BCUT2D eigenvalue weighted by atomic mass is 10.1. The van der Waals surface area contributed by atoms with Crippen LogP contribution in [0.3, 0.4) is 0 Å². The summed E-state index contributed by atoms with van der Waals surface area (Å²) >= 11 is 0. The Bertz CT molecular complexity index is 184. The molecule has 2 amide bonds. The number of urea groups is 1. The van der Waals surface area contributed by atoms with E-state index in [9.17, 15) is 4.79 Å². The number of rotatable bonds is 0. The molecule has 0 aromatic carbocycles. The fourth-order valence-corrected chi connectivity index (χ4v) is 0.908. The van der Waals surface area contributed by atoms with E-state index < -0.39 is 0 Å². The second-order valence-electron chi connectivity index (χ2n) is 2.18. The minimum Gasteiger partial charge on any atom is -0.341 e. The van der Waals surface area contributed by atoms with E-state index >= 15 is 0 Å². The van der Waals surface area contributed by atoms with Crippen LogP contribution in [0.15, 0.2) is 0 Å². The smallest absolute Gasteiger partial charge is 0.318 e. The van der Waals surface area contributed by atoms with Crippen molar-refractivity contribution < 1.29 is 4.79 Å². The van der Waals surface area contributed by atoms with Crippen LogP contribution in [0.5, 0.6) is 0 Å². The van der Waals surface area contributed by atoms with E-state index in [-0.39, 0.29) is 12.1 Å². The number of hydrogen-bond donors (Lipinski definition) is 1. The summed E-state index contributed by atoms with van der Waals surface area (Å²) in [6, 6.07) is 1.68. The minimum atomic E-state index is -0.194. The Kier molecular flexibility index (Phi) is 1.76. The molecule has 0 aromatic rings. The SMILES string of the molecule is CNC(=O)N1CC[C@H]1C#N. The summed E-state index contributed by atoms with van der Waals surface area (Å²) in [5.41, 5.74) is 0. The molecule has 0 saturated carbocycles. The van der Waals surface area contributed by atoms with Gasteiger partial charge in [0.25, 0.3) is 0 Å². The Hall–Kier alpha value is -1.24. The van der Waals surface area contributed by atoms with E-state index in [4.69, 9.17) is 5.26 Å². The van der Waals surface area contributed by atoms with Gasteiger partial charge in [-0.25, -0.2) is 4.79 Å². The van der Waals surface area contributed by atoms with Crippen LogP contribution in [0.4, 0.5) is 4.79 Å². The quantitative estimate of drug-likeness (QED) is 0.510. The van der Waals surface area contributed by atoms with Crippen LogP contribution in [-0.2, 0) is 0 Å². The summed E-state index contributed by atoms with van der Waals surface area (Å²) in [6.45, 7) is 0.706. The molecular formula is C6H9N3O. The monoisotopic (exact) mass is 139 g/mol. The first-order valence-corrected chi connectivity index (χ1v) is 3.17. The van der Waals surface area contributed by atoms with Crippen molar-refractivity contribution in [2.24, 2.45) is 0 Å². The zero-order valence-electron chi connectivity index (χ0n) is 5.79. The van der Waals surface area contributed by atoms with Gasteiger partial charge >= 0.3 is 6.03 Å². The van der Waals surface area contributed by atoms with Crippen molar-refractivity contribution in [1.82, 2.24) is 10.2 Å². The van der Waals surface area contributed by atoms with E-state index in [1.807, 2.05) is 6.07 Å². The van der Waals surface area contributed by atoms with Crippen LogP contribution in [0.1, 0.15) is 6.42 Å². The number of amides is 2. The normalized spacial score (nSPS) is 22.8. The molecule has 1 rings (SSSR count). The fourth-order valence-electron chi connectivity index (χ4n) is 0.908. The van der Waals surface area contributed by atoms with Gasteiger partial charge < -0.3 is 10.2 Å². The number of nitrogens with zero attached hydrogens (tertiary/aromatic N) is 2. The van der Waals surface area contributed by atoms with E-state index in [0.717, 1.165) is 6.42 Å². The molecule has 1 aliphatic heterocycles. The Morgan fingerprint density at radius 2 is 2.60 bits per heavy atom. The van der Waals surface area contributed by atoms with Crippen molar-refractivity contribution in [2.45, 2.75) is 12.5 Å². The summed E-state index contributed by atoms with van der Waals surface area (Å²) in [7, 11) is 1.56. The predicted molar refractivity (Wildman–Crippen MR) is 35.2 cm³/mol. The molecule has 0 aromatic heterocycles. The van der Waals surface area contributed by atoms with Crippen molar-refractivity contribution in [3.63, 3.8) is 0 Å². The Morgan fingerprint density at radius 1 is 1.90 bits per heavy atom. The fraction of sp³-hybridized carbons (Fsp3) is 0.667. The van der Waals surface area contributed by atoms with Gasteiger partial charge in [0.15, 0.2) is 0 Å². The number of likely N-dealkylation sites (tertiary alicyclic amines) is 1. The zero-order chi connectivity index (χ0) is 7.56. The first-order chi connectivity index (χ1) is 4.79. The van der Waals surface area contributed by atoms with Gasteiger partial charge in [-0.05, 0) is 6.42 Å². The summed E-state index contributed by atoms with van der Waals surface area (Å²) in [5, 5.41) is 10.9. The van der Waals surface area contributed by atoms with Crippen molar-refractivity contribution in [2.75, 3.05) is 13.6 Å². The number of nitrogens with one attached hydrogen (secondary N) is 1. The molecule has 10 heavy (non-hydrogen) atoms. The van der Waals surface area contributed by atoms with E-state index in [0.29, 0.717) is 6.54 Å². The summed E-state index contributed by atoms with van der Waals surface area (Å²) < 4.78 is 0. The lowest BCUT2D eigenvalue weighted by Gasteiger charge is -2.35. The zero-order valence-corrected chi connectivity index (χ0v) is 5.79. The van der Waals surface area contributed by atoms with Gasteiger partial charge in [-0.1, -0.05) is 0 Å². The van der Waals surface area contributed by atoms with E-state index in [2.05, 4.69) is 5.32 Å². The predicted octanol–water partition coefficient (Wildman–Crippen LogP) is -0.0763. The van der Waals surface area contributed by atoms with Crippen LogP contribution in [-0.4, -0.2) is 30.6 Å². The van der Waals surface area contributed by atoms with Crippen LogP contribution < -0.4 is 5.32 Å². The summed E-state index contributed by atoms with van der Waals surface area (Å²) in [6.07, 6.45) is 0.809. The third kappa shape index (κ3) is 0.903. The molecule has 4 nitrogen and oxygen atoms in total. The van der Waals surface area contributed by atoms with Crippen molar-refractivity contribution in [3.8, 4) is 6.07 Å². The van der Waals surface area contributed by atoms with E-state index in [1.165, 1.54) is 4.90 Å². The van der Waals surface area contributed by atoms with Crippen molar-refractivity contribution >= 4 is 6.03 Å². The molecule has 1 atom stereocenters. The average Bonchev–Trinajstić information content (AvgIpc) is 1.86. The number of hydrogen-bond acceptors (Lipinski definition) is 2. The molecule has 0 bridgehead atoms. The van der Waals surface area contributed by atoms with Crippen molar-refractivity contribution in [1.29, 1.82) is 5.26 Å². The van der Waals surface area contributed by atoms with Gasteiger partial charge in [0.05, 0.1) is 6.07 Å². The Morgan fingerprint density at radius 3 is 2.90 bits per heavy atom. The molecule has 4 heteroatoms. The molecule has 0 unspecified atom stereocenters. The number of carbonyl (C=O) groups excluding carboxylic acids is 1. The Labute approximate surface area is 59.4 Å². The lowest BCUT2D eigenvalue weighted by molar-refractivity contribution is 0.143. The molecule has 1 heterocycles. The Balaban J connectivity index is 2.44. The molecule has 0 spiro atoms. The highest BCUT2D eigenvalue weighted by atomic mass is 16.2. The van der Waals surface area contributed by atoms with Gasteiger partial charge in [-0.2, -0.15) is 5.26 Å². The van der Waals surface area contributed by atoms with Gasteiger partial charge in [0, 0.05) is 13.6 Å². The van der Waals surface area contributed by atoms with Crippen molar-refractivity contribution in [3.05, 3.63) is 0 Å². The second kappa shape index (κ2) is 2.56. The highest BCUT2D eigenvalue weighted by molar-refractivity contribution is 5.75. The van der Waals surface area contributed by atoms with Gasteiger partial charge in [-0.3, -0.25) is 0 Å². The molecule has 1 fully saturated rings. The maximum atomic E-state index is 10.8. The molecule has 1 N–H and O–H groups in total. The van der Waals surface area contributed by atoms with Crippen LogP contribution in [0.25, 0.3) is 0 Å². The summed E-state index contributed by atoms with van der Waals surface area (Å²) in [4.78, 5) is 12.3. The maximum Gasteiger partial charge on any atom is 0.318 e. The maximum absolute atomic E-state index is 10.8. The lowest BCUT2D eigenvalue weighted by Crippen LogP contribution is -2.53. The van der Waals surface area contributed by atoms with Crippen LogP contribution in [0.2, 0.25) is 0 Å². The highest BCUT2D eigenvalue weighted by Gasteiger charge is 2.31. The number of carbonyl (C=O) groups is 1. The van der Waals surface area contributed by atoms with E-state index in [1.54, 1.807) is 7.05 Å². The van der Waals surface area contributed by atoms with Crippen LogP contribution in [0, 0.1) is 11.3 Å². The average molecular weight is 139 g/mol. The van der Waals surface area contributed by atoms with Gasteiger partial charge in [0.2, 0.25) is 0 Å². The summed E-state index contributed by atoms with van der Waals surface area (Å²) in [5.74, 6) is 0. The van der Waals surface area contributed by atoms with Gasteiger partial charge in [0.1, 0.15) is 6.04 Å². The highest BCUT2D eigenvalue weighted by Crippen LogP contribution is 2.15. The first-order valence-electron chi connectivity index (χ1n) is 3.17. The topological polar surface area (TPSA) is 56.1 Å². The molecule has 0 aliphatic carbocycles. The third-order valence-corrected chi connectivity index (χ3v) is 1.64. The van der Waals surface area contributed by atoms with Crippen LogP contribution >= 0.6 is 0 Å². The second-order valence-corrected chi connectivity index (χ2v) is 2.18. The molecule has 1 saturated heterocycles. The minimum absolute atomic E-state index is 0.155. The molecule has 0 radical (unpaired) electrons. The van der Waals surface area contributed by atoms with Gasteiger partial charge in [-0.15, -0.1) is 0 Å². The molecule has 1 aliphatic rings. The number of nitriles is 1. The first kappa shape index (κ1) is 6.87. The third-order valence-electron chi connectivity index (χ3n) is 1.64.